The molecule has 3 aromatic heterocycles. The Hall–Kier alpha value is -2.79. The molecule has 31 heavy (non-hydrogen) atoms. The van der Waals surface area contributed by atoms with Crippen molar-refractivity contribution in [3.05, 3.63) is 36.3 Å². The minimum absolute atomic E-state index is 0.00183. The second kappa shape index (κ2) is 7.72. The summed E-state index contributed by atoms with van der Waals surface area (Å²) in [5.41, 5.74) is -2.18. The van der Waals surface area contributed by atoms with Gasteiger partial charge >= 0.3 is 6.18 Å². The van der Waals surface area contributed by atoms with Gasteiger partial charge in [-0.05, 0) is 30.2 Å². The number of aliphatic hydroxyl groups is 1. The van der Waals surface area contributed by atoms with Crippen LogP contribution in [0.1, 0.15) is 13.8 Å². The summed E-state index contributed by atoms with van der Waals surface area (Å²) in [6.45, 7) is 3.09. The lowest BCUT2D eigenvalue weighted by Crippen LogP contribution is -2.69. The molecular formula is C20H22F4N6O. The van der Waals surface area contributed by atoms with Gasteiger partial charge in [-0.2, -0.15) is 18.3 Å². The summed E-state index contributed by atoms with van der Waals surface area (Å²) >= 11 is 0. The van der Waals surface area contributed by atoms with Crippen LogP contribution >= 0.6 is 0 Å². The van der Waals surface area contributed by atoms with Crippen LogP contribution in [0.3, 0.4) is 0 Å². The number of piperazine rings is 1. The average molecular weight is 438 g/mol. The average Bonchev–Trinajstić information content (AvgIpc) is 3.16. The van der Waals surface area contributed by atoms with Crippen LogP contribution in [0.2, 0.25) is 0 Å². The largest absolute Gasteiger partial charge is 0.419 e. The molecule has 1 aliphatic rings. The molecule has 4 heterocycles. The molecule has 1 fully saturated rings. The molecule has 0 bridgehead atoms. The molecule has 3 N–H and O–H groups in total. The Morgan fingerprint density at radius 3 is 2.71 bits per heavy atom. The van der Waals surface area contributed by atoms with Gasteiger partial charge in [0.1, 0.15) is 11.5 Å². The van der Waals surface area contributed by atoms with Gasteiger partial charge in [0.2, 0.25) is 0 Å². The SMILES string of the molecule is CC(C)C(O)(C1CN(c2ccc(F)c(-c3[nH]nc4ncccc34)n2)CCN1)C(F)(F)F. The lowest BCUT2D eigenvalue weighted by molar-refractivity contribution is -0.286. The number of H-pyrrole nitrogens is 1. The van der Waals surface area contributed by atoms with E-state index in [0.717, 1.165) is 0 Å². The zero-order chi connectivity index (χ0) is 22.4. The molecule has 11 heteroatoms. The Labute approximate surface area is 175 Å². The van der Waals surface area contributed by atoms with E-state index in [1.807, 2.05) is 0 Å². The zero-order valence-electron chi connectivity index (χ0n) is 16.9. The minimum Gasteiger partial charge on any atom is -0.379 e. The van der Waals surface area contributed by atoms with Gasteiger partial charge in [-0.15, -0.1) is 0 Å². The third kappa shape index (κ3) is 3.61. The van der Waals surface area contributed by atoms with Gasteiger partial charge in [-0.1, -0.05) is 13.8 Å². The molecule has 0 spiro atoms. The van der Waals surface area contributed by atoms with Crippen LogP contribution in [0.4, 0.5) is 23.4 Å². The number of halogens is 4. The minimum atomic E-state index is -4.81. The highest BCUT2D eigenvalue weighted by Gasteiger charge is 2.60. The zero-order valence-corrected chi connectivity index (χ0v) is 16.9. The fourth-order valence-electron chi connectivity index (χ4n) is 3.99. The summed E-state index contributed by atoms with van der Waals surface area (Å²) in [7, 11) is 0. The van der Waals surface area contributed by atoms with E-state index < -0.39 is 29.6 Å². The van der Waals surface area contributed by atoms with E-state index in [-0.39, 0.29) is 18.8 Å². The van der Waals surface area contributed by atoms with Crippen molar-refractivity contribution in [2.24, 2.45) is 5.92 Å². The van der Waals surface area contributed by atoms with E-state index in [4.69, 9.17) is 0 Å². The van der Waals surface area contributed by atoms with E-state index in [9.17, 15) is 22.7 Å². The van der Waals surface area contributed by atoms with Gasteiger partial charge in [0, 0.05) is 31.2 Å². The number of pyridine rings is 2. The Morgan fingerprint density at radius 1 is 1.23 bits per heavy atom. The second-order valence-corrected chi connectivity index (χ2v) is 7.90. The third-order valence-corrected chi connectivity index (χ3v) is 5.76. The molecule has 1 aliphatic heterocycles. The van der Waals surface area contributed by atoms with Crippen molar-refractivity contribution in [3.8, 4) is 11.4 Å². The molecule has 0 amide bonds. The number of rotatable bonds is 4. The second-order valence-electron chi connectivity index (χ2n) is 7.90. The third-order valence-electron chi connectivity index (χ3n) is 5.76. The first-order valence-electron chi connectivity index (χ1n) is 9.86. The van der Waals surface area contributed by atoms with Gasteiger partial charge in [0.05, 0.1) is 11.7 Å². The summed E-state index contributed by atoms with van der Waals surface area (Å²) in [6.07, 6.45) is -3.25. The van der Waals surface area contributed by atoms with Crippen LogP contribution in [0.15, 0.2) is 30.5 Å². The first-order valence-corrected chi connectivity index (χ1v) is 9.86. The molecule has 2 atom stereocenters. The van der Waals surface area contributed by atoms with Crippen molar-refractivity contribution < 1.29 is 22.7 Å². The summed E-state index contributed by atoms with van der Waals surface area (Å²) in [5, 5.41) is 20.7. The van der Waals surface area contributed by atoms with E-state index in [1.54, 1.807) is 23.2 Å². The molecule has 0 radical (unpaired) electrons. The standard InChI is InChI=1S/C20H22F4N6O/c1-11(2)19(31,20(22,23)24)14-10-30(9-8-25-14)15-6-5-13(21)17(27-15)16-12-4-3-7-26-18(12)29-28-16/h3-7,11,14,25,31H,8-10H2,1-2H3,(H,26,28,29). The van der Waals surface area contributed by atoms with Gasteiger partial charge in [0.15, 0.2) is 17.1 Å². The van der Waals surface area contributed by atoms with E-state index >= 15 is 0 Å². The molecular weight excluding hydrogens is 416 g/mol. The molecule has 3 aromatic rings. The Bertz CT molecular complexity index is 1080. The van der Waals surface area contributed by atoms with Crippen LogP contribution in [0, 0.1) is 11.7 Å². The molecule has 1 saturated heterocycles. The normalized spacial score (nSPS) is 19.7. The fourth-order valence-corrected chi connectivity index (χ4v) is 3.99. The summed E-state index contributed by atoms with van der Waals surface area (Å²) in [6, 6.07) is 4.78. The number of fused-ring (bicyclic) bond motifs is 1. The maximum atomic E-state index is 14.6. The topological polar surface area (TPSA) is 90.0 Å². The van der Waals surface area contributed by atoms with E-state index in [1.165, 1.54) is 26.0 Å². The Kier molecular flexibility index (Phi) is 5.34. The lowest BCUT2D eigenvalue weighted by atomic mass is 9.81. The van der Waals surface area contributed by atoms with Crippen molar-refractivity contribution in [1.82, 2.24) is 25.5 Å². The molecule has 0 aromatic carbocycles. The number of alkyl halides is 3. The van der Waals surface area contributed by atoms with Crippen LogP contribution in [0.25, 0.3) is 22.4 Å². The van der Waals surface area contributed by atoms with Gasteiger partial charge in [-0.3, -0.25) is 5.10 Å². The number of anilines is 1. The van der Waals surface area contributed by atoms with Gasteiger partial charge < -0.3 is 15.3 Å². The quantitative estimate of drug-likeness (QED) is 0.543. The predicted octanol–water partition coefficient (Wildman–Crippen LogP) is 2.89. The lowest BCUT2D eigenvalue weighted by Gasteiger charge is -2.45. The smallest absolute Gasteiger partial charge is 0.379 e. The van der Waals surface area contributed by atoms with Gasteiger partial charge in [-0.25, -0.2) is 14.4 Å². The molecule has 166 valence electrons. The number of aromatic nitrogens is 4. The van der Waals surface area contributed by atoms with Crippen molar-refractivity contribution >= 4 is 16.9 Å². The monoisotopic (exact) mass is 438 g/mol. The van der Waals surface area contributed by atoms with Crippen molar-refractivity contribution in [3.63, 3.8) is 0 Å². The molecule has 7 nitrogen and oxygen atoms in total. The van der Waals surface area contributed by atoms with Crippen molar-refractivity contribution in [2.45, 2.75) is 31.7 Å². The highest BCUT2D eigenvalue weighted by molar-refractivity contribution is 5.89. The maximum absolute atomic E-state index is 14.6. The van der Waals surface area contributed by atoms with Crippen LogP contribution in [0.5, 0.6) is 0 Å². The maximum Gasteiger partial charge on any atom is 0.419 e. The fraction of sp³-hybridized carbons (Fsp3) is 0.450. The van der Waals surface area contributed by atoms with Crippen LogP contribution in [-0.2, 0) is 0 Å². The van der Waals surface area contributed by atoms with Crippen molar-refractivity contribution in [2.75, 3.05) is 24.5 Å². The Morgan fingerprint density at radius 2 is 2.00 bits per heavy atom. The first-order chi connectivity index (χ1) is 14.6. The number of aromatic amines is 1. The summed E-state index contributed by atoms with van der Waals surface area (Å²) < 4.78 is 55.8. The Balaban J connectivity index is 1.68. The number of hydrogen-bond donors (Lipinski definition) is 3. The van der Waals surface area contributed by atoms with E-state index in [2.05, 4.69) is 25.5 Å². The molecule has 4 rings (SSSR count). The summed E-state index contributed by atoms with van der Waals surface area (Å²) in [4.78, 5) is 10.1. The number of hydrogen-bond acceptors (Lipinski definition) is 6. The molecule has 0 aliphatic carbocycles. The highest BCUT2D eigenvalue weighted by Crippen LogP contribution is 2.40. The van der Waals surface area contributed by atoms with Crippen LogP contribution in [-0.4, -0.2) is 62.7 Å². The highest BCUT2D eigenvalue weighted by atomic mass is 19.4. The van der Waals surface area contributed by atoms with E-state index in [0.29, 0.717) is 29.1 Å². The summed E-state index contributed by atoms with van der Waals surface area (Å²) in [5.74, 6) is -1.35. The van der Waals surface area contributed by atoms with Gasteiger partial charge in [0.25, 0.3) is 0 Å². The first kappa shape index (κ1) is 21.4. The predicted molar refractivity (Wildman–Crippen MR) is 107 cm³/mol. The molecule has 0 saturated carbocycles. The molecule has 2 unspecified atom stereocenters. The van der Waals surface area contributed by atoms with Crippen molar-refractivity contribution in [1.29, 1.82) is 0 Å². The number of nitrogens with one attached hydrogen (secondary N) is 2. The number of nitrogens with zero attached hydrogens (tertiary/aromatic N) is 4. The van der Waals surface area contributed by atoms with Crippen LogP contribution < -0.4 is 10.2 Å².